The van der Waals surface area contributed by atoms with Crippen LogP contribution >= 0.6 is 0 Å². The van der Waals surface area contributed by atoms with Crippen molar-refractivity contribution in [2.24, 2.45) is 0 Å². The van der Waals surface area contributed by atoms with Gasteiger partial charge >= 0.3 is 0 Å². The second-order valence-electron chi connectivity index (χ2n) is 4.63. The van der Waals surface area contributed by atoms with Crippen LogP contribution in [0.3, 0.4) is 0 Å². The molecule has 16 heavy (non-hydrogen) atoms. The van der Waals surface area contributed by atoms with Gasteiger partial charge in [-0.15, -0.1) is 0 Å². The van der Waals surface area contributed by atoms with Crippen molar-refractivity contribution < 1.29 is 14.3 Å². The Kier molecular flexibility index (Phi) is 5.18. The minimum Gasteiger partial charge on any atom is -0.378 e. The van der Waals surface area contributed by atoms with Crippen LogP contribution in [-0.4, -0.2) is 51.0 Å². The fourth-order valence-electron chi connectivity index (χ4n) is 1.67. The maximum Gasteiger partial charge on any atom is 0.222 e. The molecule has 1 saturated heterocycles. The molecule has 0 bridgehead atoms. The van der Waals surface area contributed by atoms with E-state index in [0.29, 0.717) is 19.6 Å². The molecule has 1 atom stereocenters. The number of morpholine rings is 1. The molecule has 1 aliphatic rings. The summed E-state index contributed by atoms with van der Waals surface area (Å²) in [6.45, 7) is 6.76. The first-order valence-corrected chi connectivity index (χ1v) is 5.70. The highest BCUT2D eigenvalue weighted by Gasteiger charge is 2.28. The van der Waals surface area contributed by atoms with Crippen molar-refractivity contribution in [2.45, 2.75) is 32.0 Å². The number of ether oxygens (including phenoxy) is 2. The van der Waals surface area contributed by atoms with Crippen LogP contribution < -0.4 is 10.6 Å². The van der Waals surface area contributed by atoms with Gasteiger partial charge in [0, 0.05) is 26.6 Å². The van der Waals surface area contributed by atoms with Crippen LogP contribution in [-0.2, 0) is 14.3 Å². The first-order valence-electron chi connectivity index (χ1n) is 5.70. The molecule has 1 heterocycles. The van der Waals surface area contributed by atoms with E-state index >= 15 is 0 Å². The van der Waals surface area contributed by atoms with Gasteiger partial charge in [0.05, 0.1) is 24.9 Å². The Morgan fingerprint density at radius 2 is 2.38 bits per heavy atom. The molecule has 1 fully saturated rings. The summed E-state index contributed by atoms with van der Waals surface area (Å²) < 4.78 is 11.2. The highest BCUT2D eigenvalue weighted by molar-refractivity contribution is 5.75. The maximum atomic E-state index is 10.9. The van der Waals surface area contributed by atoms with Gasteiger partial charge < -0.3 is 20.1 Å². The van der Waals surface area contributed by atoms with Gasteiger partial charge in [0.15, 0.2) is 0 Å². The summed E-state index contributed by atoms with van der Waals surface area (Å²) in [5.74, 6) is 0.00279. The van der Waals surface area contributed by atoms with Gasteiger partial charge in [-0.2, -0.15) is 0 Å². The van der Waals surface area contributed by atoms with Gasteiger partial charge in [0.1, 0.15) is 0 Å². The summed E-state index contributed by atoms with van der Waals surface area (Å²) in [5.41, 5.74) is -0.132. The zero-order chi connectivity index (χ0) is 12.0. The van der Waals surface area contributed by atoms with Gasteiger partial charge in [0.25, 0.3) is 0 Å². The topological polar surface area (TPSA) is 59.6 Å². The van der Waals surface area contributed by atoms with Crippen molar-refractivity contribution >= 4 is 5.91 Å². The molecule has 0 radical (unpaired) electrons. The highest BCUT2D eigenvalue weighted by Crippen LogP contribution is 2.15. The summed E-state index contributed by atoms with van der Waals surface area (Å²) in [5, 5.41) is 5.86. The Morgan fingerprint density at radius 1 is 1.62 bits per heavy atom. The third kappa shape index (κ3) is 4.92. The van der Waals surface area contributed by atoms with Crippen LogP contribution in [0.5, 0.6) is 0 Å². The van der Waals surface area contributed by atoms with Gasteiger partial charge in [-0.05, 0) is 13.8 Å². The van der Waals surface area contributed by atoms with Crippen LogP contribution in [0.25, 0.3) is 0 Å². The number of nitrogens with one attached hydrogen (secondary N) is 2. The molecule has 1 aliphatic heterocycles. The van der Waals surface area contributed by atoms with E-state index in [1.807, 2.05) is 0 Å². The molecule has 1 amide bonds. The Balaban J connectivity index is 2.11. The Labute approximate surface area is 96.9 Å². The summed E-state index contributed by atoms with van der Waals surface area (Å²) >= 11 is 0. The number of hydrogen-bond donors (Lipinski definition) is 2. The Morgan fingerprint density at radius 3 is 3.00 bits per heavy atom. The van der Waals surface area contributed by atoms with Crippen molar-refractivity contribution in [3.8, 4) is 0 Å². The number of rotatable bonds is 5. The molecule has 1 unspecified atom stereocenters. The minimum atomic E-state index is -0.132. The second-order valence-corrected chi connectivity index (χ2v) is 4.63. The largest absolute Gasteiger partial charge is 0.378 e. The SMILES string of the molecule is CNC(=O)CCOCC1CNCC(C)(C)O1. The smallest absolute Gasteiger partial charge is 0.222 e. The molecular weight excluding hydrogens is 208 g/mol. The number of amides is 1. The second kappa shape index (κ2) is 6.18. The molecule has 0 aliphatic carbocycles. The van der Waals surface area contributed by atoms with Crippen molar-refractivity contribution in [3.63, 3.8) is 0 Å². The summed E-state index contributed by atoms with van der Waals surface area (Å²) in [7, 11) is 1.62. The lowest BCUT2D eigenvalue weighted by atomic mass is 10.1. The van der Waals surface area contributed by atoms with E-state index in [1.165, 1.54) is 0 Å². The number of carbonyl (C=O) groups is 1. The first-order chi connectivity index (χ1) is 7.53. The van der Waals surface area contributed by atoms with E-state index in [2.05, 4.69) is 24.5 Å². The van der Waals surface area contributed by atoms with E-state index in [1.54, 1.807) is 7.05 Å². The Bertz CT molecular complexity index is 231. The van der Waals surface area contributed by atoms with Crippen LogP contribution in [0.15, 0.2) is 0 Å². The average Bonchev–Trinajstić information content (AvgIpc) is 2.22. The monoisotopic (exact) mass is 230 g/mol. The number of hydrogen-bond acceptors (Lipinski definition) is 4. The standard InChI is InChI=1S/C11H22N2O3/c1-11(2)8-13-6-9(16-11)7-15-5-4-10(14)12-3/h9,13H,4-8H2,1-3H3,(H,12,14). The van der Waals surface area contributed by atoms with Crippen molar-refractivity contribution in [2.75, 3.05) is 33.4 Å². The lowest BCUT2D eigenvalue weighted by Gasteiger charge is -2.36. The van der Waals surface area contributed by atoms with E-state index in [4.69, 9.17) is 9.47 Å². The van der Waals surface area contributed by atoms with Gasteiger partial charge in [-0.25, -0.2) is 0 Å². The van der Waals surface area contributed by atoms with Crippen molar-refractivity contribution in [1.29, 1.82) is 0 Å². The fraction of sp³-hybridized carbons (Fsp3) is 0.909. The van der Waals surface area contributed by atoms with Gasteiger partial charge in [0.2, 0.25) is 5.91 Å². The third-order valence-electron chi connectivity index (χ3n) is 2.46. The third-order valence-corrected chi connectivity index (χ3v) is 2.46. The van der Waals surface area contributed by atoms with Crippen LogP contribution in [0.2, 0.25) is 0 Å². The molecule has 94 valence electrons. The first kappa shape index (κ1) is 13.4. The molecule has 2 N–H and O–H groups in total. The highest BCUT2D eigenvalue weighted by atomic mass is 16.5. The predicted octanol–water partition coefficient (Wildman–Crippen LogP) is -0.0939. The molecule has 1 rings (SSSR count). The quantitative estimate of drug-likeness (QED) is 0.648. The Hall–Kier alpha value is -0.650. The average molecular weight is 230 g/mol. The van der Waals surface area contributed by atoms with Crippen molar-refractivity contribution in [3.05, 3.63) is 0 Å². The van der Waals surface area contributed by atoms with E-state index in [0.717, 1.165) is 13.1 Å². The normalized spacial score (nSPS) is 24.1. The predicted molar refractivity (Wildman–Crippen MR) is 61.3 cm³/mol. The zero-order valence-electron chi connectivity index (χ0n) is 10.3. The molecule has 0 spiro atoms. The zero-order valence-corrected chi connectivity index (χ0v) is 10.3. The van der Waals surface area contributed by atoms with Crippen LogP contribution in [0, 0.1) is 0 Å². The molecule has 0 aromatic carbocycles. The molecular formula is C11H22N2O3. The van der Waals surface area contributed by atoms with Crippen LogP contribution in [0.1, 0.15) is 20.3 Å². The maximum absolute atomic E-state index is 10.9. The van der Waals surface area contributed by atoms with Crippen LogP contribution in [0.4, 0.5) is 0 Å². The van der Waals surface area contributed by atoms with Gasteiger partial charge in [-0.1, -0.05) is 0 Å². The molecule has 0 aromatic rings. The lowest BCUT2D eigenvalue weighted by Crippen LogP contribution is -2.51. The molecule has 0 aromatic heterocycles. The van der Waals surface area contributed by atoms with Crippen molar-refractivity contribution in [1.82, 2.24) is 10.6 Å². The molecule has 5 heteroatoms. The minimum absolute atomic E-state index is 0.00279. The van der Waals surface area contributed by atoms with E-state index < -0.39 is 0 Å². The fourth-order valence-corrected chi connectivity index (χ4v) is 1.67. The summed E-state index contributed by atoms with van der Waals surface area (Å²) in [6, 6.07) is 0. The summed E-state index contributed by atoms with van der Waals surface area (Å²) in [6.07, 6.45) is 0.480. The number of carbonyl (C=O) groups excluding carboxylic acids is 1. The molecule has 5 nitrogen and oxygen atoms in total. The van der Waals surface area contributed by atoms with Gasteiger partial charge in [-0.3, -0.25) is 4.79 Å². The lowest BCUT2D eigenvalue weighted by molar-refractivity contribution is -0.128. The summed E-state index contributed by atoms with van der Waals surface area (Å²) in [4.78, 5) is 10.9. The van der Waals surface area contributed by atoms with E-state index in [-0.39, 0.29) is 17.6 Å². The van der Waals surface area contributed by atoms with E-state index in [9.17, 15) is 4.79 Å². The molecule has 0 saturated carbocycles.